The van der Waals surface area contributed by atoms with E-state index in [1.165, 1.54) is 4.90 Å². The molecule has 0 aliphatic carbocycles. The SMILES string of the molecule is CC(C)CC(N)C(=O)N1CCCC1C(=O)NC(CC(=O)O)C(=O)NC(CCC(=O)O)C(=O)O. The molecule has 33 heavy (non-hydrogen) atoms. The molecule has 13 nitrogen and oxygen atoms in total. The van der Waals surface area contributed by atoms with Gasteiger partial charge >= 0.3 is 17.9 Å². The number of carboxylic acid groups (broad SMARTS) is 3. The van der Waals surface area contributed by atoms with Gasteiger partial charge in [0.2, 0.25) is 17.7 Å². The van der Waals surface area contributed by atoms with E-state index in [-0.39, 0.29) is 12.5 Å². The van der Waals surface area contributed by atoms with Crippen LogP contribution in [0.15, 0.2) is 0 Å². The number of rotatable bonds is 13. The number of nitrogens with zero attached hydrogens (tertiary/aromatic N) is 1. The zero-order valence-electron chi connectivity index (χ0n) is 18.7. The summed E-state index contributed by atoms with van der Waals surface area (Å²) in [5.74, 6) is -6.30. The van der Waals surface area contributed by atoms with Gasteiger partial charge in [-0.3, -0.25) is 24.0 Å². The molecule has 4 unspecified atom stereocenters. The monoisotopic (exact) mass is 472 g/mol. The van der Waals surface area contributed by atoms with Crippen molar-refractivity contribution in [1.29, 1.82) is 0 Å². The summed E-state index contributed by atoms with van der Waals surface area (Å²) >= 11 is 0. The van der Waals surface area contributed by atoms with Crippen molar-refractivity contribution in [3.8, 4) is 0 Å². The van der Waals surface area contributed by atoms with Gasteiger partial charge in [0.05, 0.1) is 12.5 Å². The van der Waals surface area contributed by atoms with Crippen LogP contribution in [0.4, 0.5) is 0 Å². The minimum Gasteiger partial charge on any atom is -0.481 e. The van der Waals surface area contributed by atoms with Crippen molar-refractivity contribution in [2.45, 2.75) is 76.5 Å². The average Bonchev–Trinajstić information content (AvgIpc) is 3.18. The minimum absolute atomic E-state index is 0.158. The lowest BCUT2D eigenvalue weighted by Crippen LogP contribution is -2.57. The van der Waals surface area contributed by atoms with Crippen molar-refractivity contribution >= 4 is 35.6 Å². The Bertz CT molecular complexity index is 771. The standard InChI is InChI=1S/C20H32N4O9/c1-10(2)8-11(21)19(31)24-7-3-4-14(24)18(30)23-13(9-16(27)28)17(29)22-12(20(32)33)5-6-15(25)26/h10-14H,3-9,21H2,1-2H3,(H,22,29)(H,23,30)(H,25,26)(H,27,28)(H,32,33). The summed E-state index contributed by atoms with van der Waals surface area (Å²) in [6.45, 7) is 4.09. The molecule has 7 N–H and O–H groups in total. The molecule has 0 aromatic heterocycles. The molecule has 13 heteroatoms. The zero-order valence-corrected chi connectivity index (χ0v) is 18.7. The van der Waals surface area contributed by atoms with Gasteiger partial charge in [-0.05, 0) is 31.6 Å². The lowest BCUT2D eigenvalue weighted by molar-refractivity contribution is -0.145. The number of nitrogens with one attached hydrogen (secondary N) is 2. The fraction of sp³-hybridized carbons (Fsp3) is 0.700. The summed E-state index contributed by atoms with van der Waals surface area (Å²) in [4.78, 5) is 72.6. The fourth-order valence-electron chi connectivity index (χ4n) is 3.57. The maximum absolute atomic E-state index is 12.8. The highest BCUT2D eigenvalue weighted by molar-refractivity contribution is 5.95. The van der Waals surface area contributed by atoms with Crippen LogP contribution in [0.2, 0.25) is 0 Å². The quantitative estimate of drug-likeness (QED) is 0.187. The van der Waals surface area contributed by atoms with Crippen LogP contribution < -0.4 is 16.4 Å². The molecule has 0 aromatic carbocycles. The maximum atomic E-state index is 12.8. The molecule has 1 rings (SSSR count). The van der Waals surface area contributed by atoms with Crippen molar-refractivity contribution in [1.82, 2.24) is 15.5 Å². The summed E-state index contributed by atoms with van der Waals surface area (Å²) < 4.78 is 0. The molecule has 0 aromatic rings. The summed E-state index contributed by atoms with van der Waals surface area (Å²) in [7, 11) is 0. The number of carbonyl (C=O) groups excluding carboxylic acids is 3. The molecule has 1 aliphatic heterocycles. The van der Waals surface area contributed by atoms with E-state index in [4.69, 9.17) is 15.9 Å². The van der Waals surface area contributed by atoms with Crippen molar-refractivity contribution in [3.63, 3.8) is 0 Å². The normalized spacial score (nSPS) is 18.3. The Kier molecular flexibility index (Phi) is 10.7. The molecule has 0 radical (unpaired) electrons. The summed E-state index contributed by atoms with van der Waals surface area (Å²) in [5, 5.41) is 31.4. The van der Waals surface area contributed by atoms with Crippen LogP contribution >= 0.6 is 0 Å². The number of carbonyl (C=O) groups is 6. The Morgan fingerprint density at radius 3 is 2.15 bits per heavy atom. The van der Waals surface area contributed by atoms with Crippen LogP contribution in [-0.2, 0) is 28.8 Å². The van der Waals surface area contributed by atoms with E-state index in [2.05, 4.69) is 10.6 Å². The van der Waals surface area contributed by atoms with E-state index in [9.17, 15) is 33.9 Å². The molecule has 1 heterocycles. The largest absolute Gasteiger partial charge is 0.481 e. The zero-order chi connectivity index (χ0) is 25.3. The molecular weight excluding hydrogens is 440 g/mol. The maximum Gasteiger partial charge on any atom is 0.326 e. The first-order valence-electron chi connectivity index (χ1n) is 10.7. The Balaban J connectivity index is 2.91. The van der Waals surface area contributed by atoms with Gasteiger partial charge in [-0.2, -0.15) is 0 Å². The predicted molar refractivity (Wildman–Crippen MR) is 113 cm³/mol. The smallest absolute Gasteiger partial charge is 0.326 e. The molecule has 0 bridgehead atoms. The predicted octanol–water partition coefficient (Wildman–Crippen LogP) is -1.26. The number of aliphatic carboxylic acids is 3. The first-order chi connectivity index (χ1) is 15.3. The Hall–Kier alpha value is -3.22. The topological polar surface area (TPSA) is 216 Å². The third-order valence-electron chi connectivity index (χ3n) is 5.15. The number of likely N-dealkylation sites (tertiary alicyclic amines) is 1. The number of amides is 3. The Morgan fingerprint density at radius 1 is 1.00 bits per heavy atom. The average molecular weight is 472 g/mol. The van der Waals surface area contributed by atoms with Gasteiger partial charge < -0.3 is 36.6 Å². The number of nitrogens with two attached hydrogens (primary N) is 1. The van der Waals surface area contributed by atoms with E-state index < -0.39 is 79.1 Å². The van der Waals surface area contributed by atoms with Crippen molar-refractivity contribution in [2.75, 3.05) is 6.54 Å². The van der Waals surface area contributed by atoms with Crippen LogP contribution in [0.5, 0.6) is 0 Å². The first kappa shape index (κ1) is 27.8. The van der Waals surface area contributed by atoms with Gasteiger partial charge in [0.25, 0.3) is 0 Å². The second-order valence-corrected chi connectivity index (χ2v) is 8.42. The molecule has 186 valence electrons. The van der Waals surface area contributed by atoms with Gasteiger partial charge in [0.1, 0.15) is 18.1 Å². The van der Waals surface area contributed by atoms with Crippen molar-refractivity contribution < 1.29 is 44.1 Å². The van der Waals surface area contributed by atoms with Crippen LogP contribution in [0.25, 0.3) is 0 Å². The van der Waals surface area contributed by atoms with E-state index in [0.29, 0.717) is 19.3 Å². The Labute approximate surface area is 190 Å². The summed E-state index contributed by atoms with van der Waals surface area (Å²) in [6.07, 6.45) is -0.573. The molecule has 1 saturated heterocycles. The van der Waals surface area contributed by atoms with Gasteiger partial charge in [0, 0.05) is 13.0 Å². The van der Waals surface area contributed by atoms with Gasteiger partial charge in [-0.15, -0.1) is 0 Å². The first-order valence-corrected chi connectivity index (χ1v) is 10.7. The van der Waals surface area contributed by atoms with E-state index in [1.54, 1.807) is 0 Å². The second-order valence-electron chi connectivity index (χ2n) is 8.42. The van der Waals surface area contributed by atoms with Crippen molar-refractivity contribution in [3.05, 3.63) is 0 Å². The van der Waals surface area contributed by atoms with Gasteiger partial charge in [-0.25, -0.2) is 4.79 Å². The highest BCUT2D eigenvalue weighted by atomic mass is 16.4. The highest BCUT2D eigenvalue weighted by Gasteiger charge is 2.38. The minimum atomic E-state index is -1.62. The molecule has 0 spiro atoms. The van der Waals surface area contributed by atoms with E-state index in [0.717, 1.165) is 0 Å². The van der Waals surface area contributed by atoms with Gasteiger partial charge in [-0.1, -0.05) is 13.8 Å². The summed E-state index contributed by atoms with van der Waals surface area (Å²) in [6, 6.07) is -4.95. The van der Waals surface area contributed by atoms with Crippen LogP contribution in [0, 0.1) is 5.92 Å². The molecule has 1 aliphatic rings. The lowest BCUT2D eigenvalue weighted by atomic mass is 10.0. The molecule has 3 amide bonds. The number of hydrogen-bond acceptors (Lipinski definition) is 7. The second kappa shape index (κ2) is 12.7. The molecular formula is C20H32N4O9. The third kappa shape index (κ3) is 9.04. The summed E-state index contributed by atoms with van der Waals surface area (Å²) in [5.41, 5.74) is 5.95. The molecule has 0 saturated carbocycles. The molecule has 1 fully saturated rings. The lowest BCUT2D eigenvalue weighted by Gasteiger charge is -2.28. The number of hydrogen-bond donors (Lipinski definition) is 6. The molecule has 4 atom stereocenters. The highest BCUT2D eigenvalue weighted by Crippen LogP contribution is 2.20. The van der Waals surface area contributed by atoms with Crippen LogP contribution in [0.1, 0.15) is 52.4 Å². The van der Waals surface area contributed by atoms with Crippen LogP contribution in [0.3, 0.4) is 0 Å². The van der Waals surface area contributed by atoms with E-state index >= 15 is 0 Å². The van der Waals surface area contributed by atoms with E-state index in [1.807, 2.05) is 13.8 Å². The van der Waals surface area contributed by atoms with Gasteiger partial charge in [0.15, 0.2) is 0 Å². The van der Waals surface area contributed by atoms with Crippen molar-refractivity contribution in [2.24, 2.45) is 11.7 Å². The fourth-order valence-corrected chi connectivity index (χ4v) is 3.57. The number of carboxylic acids is 3. The Morgan fingerprint density at radius 2 is 1.64 bits per heavy atom. The van der Waals surface area contributed by atoms with Crippen LogP contribution in [-0.4, -0.2) is 86.6 Å². The third-order valence-corrected chi connectivity index (χ3v) is 5.15.